The number of ether oxygens (including phenoxy) is 1. The fraction of sp³-hybridized carbons (Fsp3) is 0.450. The van der Waals surface area contributed by atoms with Gasteiger partial charge in [0.2, 0.25) is 11.9 Å². The van der Waals surface area contributed by atoms with Crippen LogP contribution < -0.4 is 15.5 Å². The van der Waals surface area contributed by atoms with Gasteiger partial charge in [0, 0.05) is 30.8 Å². The largest absolute Gasteiger partial charge is 0.447 e. The number of cyclic esters (lactones) is 1. The molecule has 2 aliphatic rings. The topological polar surface area (TPSA) is 109 Å². The highest BCUT2D eigenvalue weighted by Gasteiger charge is 2.26. The molecule has 1 aliphatic carbocycles. The van der Waals surface area contributed by atoms with E-state index >= 15 is 0 Å². The number of hydrogen-bond donors (Lipinski definition) is 2. The van der Waals surface area contributed by atoms with Crippen LogP contribution in [0.5, 0.6) is 0 Å². The minimum atomic E-state index is -0.559. The van der Waals surface area contributed by atoms with Gasteiger partial charge in [0.05, 0.1) is 12.7 Å². The fourth-order valence-electron chi connectivity index (χ4n) is 3.81. The summed E-state index contributed by atoms with van der Waals surface area (Å²) in [7, 11) is 0. The van der Waals surface area contributed by atoms with Crippen molar-refractivity contribution in [3.63, 3.8) is 0 Å². The highest BCUT2D eigenvalue weighted by Crippen LogP contribution is 2.27. The molecule has 2 aromatic heterocycles. The molecule has 158 valence electrons. The Kier molecular flexibility index (Phi) is 5.73. The van der Waals surface area contributed by atoms with Crippen molar-refractivity contribution < 1.29 is 18.7 Å². The maximum absolute atomic E-state index is 14.5. The summed E-state index contributed by atoms with van der Waals surface area (Å²) in [6.07, 6.45) is 5.62. The summed E-state index contributed by atoms with van der Waals surface area (Å²) >= 11 is 0. The third-order valence-electron chi connectivity index (χ3n) is 5.27. The van der Waals surface area contributed by atoms with E-state index in [0.29, 0.717) is 30.5 Å². The van der Waals surface area contributed by atoms with E-state index in [9.17, 15) is 14.0 Å². The highest BCUT2D eigenvalue weighted by atomic mass is 19.1. The molecule has 0 bridgehead atoms. The molecular weight excluding hydrogens is 391 g/mol. The number of rotatable bonds is 5. The minimum Gasteiger partial charge on any atom is -0.447 e. The molecule has 2 amide bonds. The molecule has 2 fully saturated rings. The van der Waals surface area contributed by atoms with Gasteiger partial charge in [0.1, 0.15) is 18.1 Å². The maximum atomic E-state index is 14.5. The number of halogens is 1. The Bertz CT molecular complexity index is 948. The van der Waals surface area contributed by atoms with Crippen LogP contribution in [0.4, 0.5) is 21.0 Å². The van der Waals surface area contributed by atoms with Crippen LogP contribution in [0.1, 0.15) is 32.6 Å². The van der Waals surface area contributed by atoms with Crippen LogP contribution in [0.3, 0.4) is 0 Å². The lowest BCUT2D eigenvalue weighted by atomic mass is 9.91. The van der Waals surface area contributed by atoms with Crippen LogP contribution in [0, 0.1) is 5.82 Å². The van der Waals surface area contributed by atoms with Gasteiger partial charge in [0.25, 0.3) is 0 Å². The molecule has 2 aromatic rings. The van der Waals surface area contributed by atoms with Crippen LogP contribution >= 0.6 is 0 Å². The molecule has 0 unspecified atom stereocenters. The first kappa shape index (κ1) is 20.0. The standard InChI is InChI=1S/C20H23FN6O3/c1-12(28)24-14-2-4-15(5-3-14)25-19-23-11-16(21)18(26-19)13-6-7-22-17(10-13)27-8-9-30-20(27)29/h6-7,10-11,14-15H,2-5,8-9H2,1H3,(H,24,28)(H,23,25,26). The quantitative estimate of drug-likeness (QED) is 0.774. The Morgan fingerprint density at radius 3 is 2.70 bits per heavy atom. The Balaban J connectivity index is 1.48. The predicted octanol–water partition coefficient (Wildman–Crippen LogP) is 2.49. The van der Waals surface area contributed by atoms with E-state index in [1.165, 1.54) is 18.0 Å². The van der Waals surface area contributed by atoms with Crippen molar-refractivity contribution in [2.24, 2.45) is 0 Å². The van der Waals surface area contributed by atoms with E-state index in [1.807, 2.05) is 0 Å². The second-order valence-corrected chi connectivity index (χ2v) is 7.45. The molecule has 3 heterocycles. The second kappa shape index (κ2) is 8.60. The van der Waals surface area contributed by atoms with Gasteiger partial charge in [-0.15, -0.1) is 0 Å². The molecule has 2 N–H and O–H groups in total. The normalized spacial score (nSPS) is 21.3. The molecule has 0 spiro atoms. The molecule has 0 atom stereocenters. The first-order chi connectivity index (χ1) is 14.5. The molecule has 0 radical (unpaired) electrons. The van der Waals surface area contributed by atoms with Gasteiger partial charge in [-0.05, 0) is 37.8 Å². The van der Waals surface area contributed by atoms with Crippen molar-refractivity contribution in [3.05, 3.63) is 30.3 Å². The van der Waals surface area contributed by atoms with Gasteiger partial charge in [-0.2, -0.15) is 0 Å². The van der Waals surface area contributed by atoms with Crippen molar-refractivity contribution in [2.45, 2.75) is 44.7 Å². The SMILES string of the molecule is CC(=O)NC1CCC(Nc2ncc(F)c(-c3ccnc(N4CCOC4=O)c3)n2)CC1. The number of hydrogen-bond acceptors (Lipinski definition) is 7. The number of carbonyl (C=O) groups is 2. The lowest BCUT2D eigenvalue weighted by Gasteiger charge is -2.29. The van der Waals surface area contributed by atoms with Crippen LogP contribution in [0.15, 0.2) is 24.5 Å². The van der Waals surface area contributed by atoms with Crippen molar-refractivity contribution in [1.29, 1.82) is 0 Å². The fourth-order valence-corrected chi connectivity index (χ4v) is 3.81. The van der Waals surface area contributed by atoms with E-state index in [4.69, 9.17) is 4.74 Å². The Labute approximate surface area is 173 Å². The number of nitrogens with zero attached hydrogens (tertiary/aromatic N) is 4. The van der Waals surface area contributed by atoms with Crippen molar-refractivity contribution in [1.82, 2.24) is 20.3 Å². The molecule has 4 rings (SSSR count). The number of anilines is 2. The predicted molar refractivity (Wildman–Crippen MR) is 107 cm³/mol. The Morgan fingerprint density at radius 2 is 2.00 bits per heavy atom. The summed E-state index contributed by atoms with van der Waals surface area (Å²) in [5.41, 5.74) is 0.632. The molecule has 10 heteroatoms. The van der Waals surface area contributed by atoms with Gasteiger partial charge in [-0.1, -0.05) is 0 Å². The third-order valence-corrected chi connectivity index (χ3v) is 5.27. The van der Waals surface area contributed by atoms with Crippen LogP contribution in [-0.4, -0.2) is 52.2 Å². The molecule has 1 saturated heterocycles. The van der Waals surface area contributed by atoms with Crippen LogP contribution in [-0.2, 0) is 9.53 Å². The van der Waals surface area contributed by atoms with Crippen LogP contribution in [0.25, 0.3) is 11.3 Å². The number of pyridine rings is 1. The van der Waals surface area contributed by atoms with E-state index in [1.54, 1.807) is 12.1 Å². The summed E-state index contributed by atoms with van der Waals surface area (Å²) in [6.45, 7) is 2.22. The van der Waals surface area contributed by atoms with E-state index < -0.39 is 11.9 Å². The third kappa shape index (κ3) is 4.47. The summed E-state index contributed by atoms with van der Waals surface area (Å²) in [4.78, 5) is 37.0. The van der Waals surface area contributed by atoms with Gasteiger partial charge in [0.15, 0.2) is 5.82 Å². The van der Waals surface area contributed by atoms with Crippen molar-refractivity contribution in [2.75, 3.05) is 23.4 Å². The summed E-state index contributed by atoms with van der Waals surface area (Å²) in [5, 5.41) is 6.21. The zero-order valence-electron chi connectivity index (χ0n) is 16.6. The van der Waals surface area contributed by atoms with Gasteiger partial charge < -0.3 is 15.4 Å². The zero-order valence-corrected chi connectivity index (χ0v) is 16.6. The lowest BCUT2D eigenvalue weighted by molar-refractivity contribution is -0.119. The van der Waals surface area contributed by atoms with Crippen molar-refractivity contribution >= 4 is 23.8 Å². The number of amides is 2. The molecule has 1 saturated carbocycles. The average molecular weight is 414 g/mol. The zero-order chi connectivity index (χ0) is 21.1. The monoisotopic (exact) mass is 414 g/mol. The van der Waals surface area contributed by atoms with E-state index in [0.717, 1.165) is 31.9 Å². The molecule has 1 aliphatic heterocycles. The number of carbonyl (C=O) groups excluding carboxylic acids is 2. The molecule has 9 nitrogen and oxygen atoms in total. The maximum Gasteiger partial charge on any atom is 0.415 e. The first-order valence-corrected chi connectivity index (χ1v) is 9.96. The lowest BCUT2D eigenvalue weighted by Crippen LogP contribution is -2.39. The van der Waals surface area contributed by atoms with E-state index in [-0.39, 0.29) is 23.7 Å². The minimum absolute atomic E-state index is 0.0168. The van der Waals surface area contributed by atoms with Crippen molar-refractivity contribution in [3.8, 4) is 11.3 Å². The highest BCUT2D eigenvalue weighted by molar-refractivity contribution is 5.88. The Hall–Kier alpha value is -3.30. The molecule has 30 heavy (non-hydrogen) atoms. The number of nitrogens with one attached hydrogen (secondary N) is 2. The average Bonchev–Trinajstić information content (AvgIpc) is 3.16. The first-order valence-electron chi connectivity index (χ1n) is 9.96. The van der Waals surface area contributed by atoms with Gasteiger partial charge >= 0.3 is 6.09 Å². The van der Waals surface area contributed by atoms with Gasteiger partial charge in [-0.25, -0.2) is 24.1 Å². The van der Waals surface area contributed by atoms with Crippen LogP contribution in [0.2, 0.25) is 0 Å². The second-order valence-electron chi connectivity index (χ2n) is 7.45. The van der Waals surface area contributed by atoms with Gasteiger partial charge in [-0.3, -0.25) is 9.69 Å². The molecular formula is C20H23FN6O3. The van der Waals surface area contributed by atoms with E-state index in [2.05, 4.69) is 25.6 Å². The summed E-state index contributed by atoms with van der Waals surface area (Å²) < 4.78 is 19.4. The molecule has 0 aromatic carbocycles. The smallest absolute Gasteiger partial charge is 0.415 e. The summed E-state index contributed by atoms with van der Waals surface area (Å²) in [5.74, 6) is 0.153. The number of aromatic nitrogens is 3. The Morgan fingerprint density at radius 1 is 1.23 bits per heavy atom. The summed E-state index contributed by atoms with van der Waals surface area (Å²) in [6, 6.07) is 3.59.